The highest BCUT2D eigenvalue weighted by Gasteiger charge is 2.08. The second-order valence-electron chi connectivity index (χ2n) is 2.65. The van der Waals surface area contributed by atoms with Crippen LogP contribution >= 0.6 is 0 Å². The lowest BCUT2D eigenvalue weighted by atomic mass is 9.97. The zero-order valence-electron chi connectivity index (χ0n) is 8.62. The van der Waals surface area contributed by atoms with Crippen molar-refractivity contribution in [3.8, 4) is 0 Å². The molecule has 0 heterocycles. The molecule has 0 amide bonds. The maximum atomic E-state index is 11.2. The van der Waals surface area contributed by atoms with Crippen LogP contribution in [0.2, 0.25) is 0 Å². The van der Waals surface area contributed by atoms with E-state index in [4.69, 9.17) is 7.85 Å². The topological polar surface area (TPSA) is 38.7 Å². The maximum absolute atomic E-state index is 11.2. The van der Waals surface area contributed by atoms with E-state index in [2.05, 4.69) is 16.3 Å². The van der Waals surface area contributed by atoms with Crippen LogP contribution in [0.15, 0.2) is 29.3 Å². The van der Waals surface area contributed by atoms with Crippen LogP contribution < -0.4 is 0 Å². The van der Waals surface area contributed by atoms with E-state index in [1.807, 2.05) is 6.92 Å². The Balaban J connectivity index is 4.63. The zero-order chi connectivity index (χ0) is 11.0. The third-order valence-corrected chi connectivity index (χ3v) is 1.51. The number of esters is 1. The molecular formula is C10H14BNO2. The summed E-state index contributed by atoms with van der Waals surface area (Å²) in [6.45, 7) is 5.43. The predicted molar refractivity (Wildman–Crippen MR) is 58.4 cm³/mol. The van der Waals surface area contributed by atoms with Crippen LogP contribution in [0.3, 0.4) is 0 Å². The van der Waals surface area contributed by atoms with Gasteiger partial charge in [0.05, 0.1) is 7.11 Å². The highest BCUT2D eigenvalue weighted by atomic mass is 16.5. The second kappa shape index (κ2) is 7.12. The van der Waals surface area contributed by atoms with Gasteiger partial charge in [-0.05, 0) is 6.42 Å². The molecule has 0 atom stereocenters. The number of nitrogens with zero attached hydrogens (tertiary/aromatic N) is 1. The molecule has 0 aromatic carbocycles. The molecule has 74 valence electrons. The van der Waals surface area contributed by atoms with Crippen molar-refractivity contribution in [2.24, 2.45) is 4.99 Å². The Bertz CT molecular complexity index is 269. The number of hydrogen-bond acceptors (Lipinski definition) is 3. The maximum Gasteiger partial charge on any atom is 0.352 e. The minimum absolute atomic E-state index is 0.375. The van der Waals surface area contributed by atoms with Crippen LogP contribution in [0.1, 0.15) is 19.8 Å². The number of methoxy groups -OCH3 is 1. The molecule has 0 aromatic rings. The third-order valence-electron chi connectivity index (χ3n) is 1.51. The van der Waals surface area contributed by atoms with Gasteiger partial charge >= 0.3 is 5.97 Å². The summed E-state index contributed by atoms with van der Waals surface area (Å²) in [5, 5.41) is 0. The lowest BCUT2D eigenvalue weighted by molar-refractivity contribution is -0.132. The summed E-state index contributed by atoms with van der Waals surface area (Å²) < 4.78 is 4.57. The largest absolute Gasteiger partial charge is 0.465 e. The number of allylic oxidation sites excluding steroid dienone is 2. The summed E-state index contributed by atoms with van der Waals surface area (Å²) in [5.41, 5.74) is 0.794. The summed E-state index contributed by atoms with van der Waals surface area (Å²) in [6, 6.07) is 0. The fourth-order valence-electron chi connectivity index (χ4n) is 0.779. The highest BCUT2D eigenvalue weighted by molar-refractivity contribution is 6.36. The number of ether oxygens (including phenoxy) is 1. The molecule has 0 spiro atoms. The first-order valence-corrected chi connectivity index (χ1v) is 4.38. The Morgan fingerprint density at radius 2 is 2.29 bits per heavy atom. The summed E-state index contributed by atoms with van der Waals surface area (Å²) in [4.78, 5) is 15.1. The van der Waals surface area contributed by atoms with Crippen LogP contribution in [0, 0.1) is 0 Å². The Hall–Kier alpha value is -1.32. The molecule has 0 aromatic heterocycles. The standard InChI is InChI=1S/C10H14BNO2/c1-4-6-9(10(13)14-3)12-7-8(11)5-2/h5,7H,2,4,6H2,1,3H3/b8-7+,12-9?. The van der Waals surface area contributed by atoms with Crippen molar-refractivity contribution >= 4 is 19.5 Å². The Labute approximate surface area is 86.0 Å². The molecule has 0 unspecified atom stereocenters. The van der Waals surface area contributed by atoms with Crippen molar-refractivity contribution in [3.05, 3.63) is 24.3 Å². The number of hydrogen-bond donors (Lipinski definition) is 0. The van der Waals surface area contributed by atoms with Crippen LogP contribution in [-0.4, -0.2) is 26.6 Å². The molecule has 0 aliphatic heterocycles. The number of rotatable bonds is 5. The lowest BCUT2D eigenvalue weighted by Crippen LogP contribution is -2.15. The molecule has 0 saturated carbocycles. The molecule has 0 rings (SSSR count). The van der Waals surface area contributed by atoms with Gasteiger partial charge in [-0.3, -0.25) is 4.99 Å². The summed E-state index contributed by atoms with van der Waals surface area (Å²) in [7, 11) is 6.77. The summed E-state index contributed by atoms with van der Waals surface area (Å²) in [6.07, 6.45) is 4.27. The first-order valence-electron chi connectivity index (χ1n) is 4.38. The molecule has 4 heteroatoms. The van der Waals surface area contributed by atoms with E-state index in [9.17, 15) is 4.79 Å². The van der Waals surface area contributed by atoms with Gasteiger partial charge in [0.2, 0.25) is 0 Å². The van der Waals surface area contributed by atoms with Gasteiger partial charge in [0.1, 0.15) is 13.6 Å². The highest BCUT2D eigenvalue weighted by Crippen LogP contribution is 1.98. The van der Waals surface area contributed by atoms with Crippen molar-refractivity contribution < 1.29 is 9.53 Å². The van der Waals surface area contributed by atoms with Gasteiger partial charge in [0.15, 0.2) is 0 Å². The van der Waals surface area contributed by atoms with Crippen LogP contribution in [0.5, 0.6) is 0 Å². The molecule has 0 N–H and O–H groups in total. The van der Waals surface area contributed by atoms with Gasteiger partial charge in [-0.25, -0.2) is 4.79 Å². The lowest BCUT2D eigenvalue weighted by Gasteiger charge is -2.00. The predicted octanol–water partition coefficient (Wildman–Crippen LogP) is 1.60. The van der Waals surface area contributed by atoms with Crippen molar-refractivity contribution in [3.63, 3.8) is 0 Å². The minimum Gasteiger partial charge on any atom is -0.465 e. The van der Waals surface area contributed by atoms with Crippen LogP contribution in [-0.2, 0) is 9.53 Å². The van der Waals surface area contributed by atoms with Gasteiger partial charge in [0, 0.05) is 6.20 Å². The molecule has 0 fully saturated rings. The smallest absolute Gasteiger partial charge is 0.352 e. The fourth-order valence-corrected chi connectivity index (χ4v) is 0.779. The van der Waals surface area contributed by atoms with Crippen molar-refractivity contribution in [1.29, 1.82) is 0 Å². The van der Waals surface area contributed by atoms with Crippen molar-refractivity contribution in [2.45, 2.75) is 19.8 Å². The van der Waals surface area contributed by atoms with E-state index >= 15 is 0 Å². The molecule has 0 aliphatic rings. The molecule has 14 heavy (non-hydrogen) atoms. The van der Waals surface area contributed by atoms with Gasteiger partial charge in [-0.15, -0.1) is 0 Å². The number of carbonyl (C=O) groups is 1. The van der Waals surface area contributed by atoms with E-state index in [0.29, 0.717) is 17.6 Å². The minimum atomic E-state index is -0.417. The molecule has 0 bridgehead atoms. The first-order chi connectivity index (χ1) is 6.65. The SMILES string of the molecule is [B]/C(C=C)=C/N=C(CCC)C(=O)OC. The quantitative estimate of drug-likeness (QED) is 0.286. The average molecular weight is 191 g/mol. The molecule has 3 nitrogen and oxygen atoms in total. The summed E-state index contributed by atoms with van der Waals surface area (Å²) >= 11 is 0. The van der Waals surface area contributed by atoms with E-state index in [1.54, 1.807) is 0 Å². The molecule has 0 aliphatic carbocycles. The van der Waals surface area contributed by atoms with E-state index in [-0.39, 0.29) is 0 Å². The van der Waals surface area contributed by atoms with Gasteiger partial charge in [0.25, 0.3) is 0 Å². The van der Waals surface area contributed by atoms with Crippen LogP contribution in [0.25, 0.3) is 0 Å². The monoisotopic (exact) mass is 191 g/mol. The average Bonchev–Trinajstić information content (AvgIpc) is 2.22. The second-order valence-corrected chi connectivity index (χ2v) is 2.65. The number of carbonyl (C=O) groups excluding carboxylic acids is 1. The number of aliphatic imine (C=N–C) groups is 1. The van der Waals surface area contributed by atoms with Gasteiger partial charge in [-0.2, -0.15) is 0 Å². The van der Waals surface area contributed by atoms with Crippen molar-refractivity contribution in [1.82, 2.24) is 0 Å². The normalized spacial score (nSPS) is 12.4. The Morgan fingerprint density at radius 1 is 1.64 bits per heavy atom. The van der Waals surface area contributed by atoms with Gasteiger partial charge < -0.3 is 4.74 Å². The Kier molecular flexibility index (Phi) is 6.45. The van der Waals surface area contributed by atoms with Crippen LogP contribution in [0.4, 0.5) is 0 Å². The molecule has 0 saturated heterocycles. The zero-order valence-corrected chi connectivity index (χ0v) is 8.62. The molecular weight excluding hydrogens is 177 g/mol. The van der Waals surface area contributed by atoms with E-state index < -0.39 is 5.97 Å². The van der Waals surface area contributed by atoms with E-state index in [0.717, 1.165) is 6.42 Å². The third kappa shape index (κ3) is 4.65. The Morgan fingerprint density at radius 3 is 2.71 bits per heavy atom. The van der Waals surface area contributed by atoms with E-state index in [1.165, 1.54) is 19.4 Å². The fraction of sp³-hybridized carbons (Fsp3) is 0.400. The molecule has 2 radical (unpaired) electrons. The van der Waals surface area contributed by atoms with Gasteiger partial charge in [-0.1, -0.05) is 31.5 Å². The van der Waals surface area contributed by atoms with Crippen molar-refractivity contribution in [2.75, 3.05) is 7.11 Å². The first kappa shape index (κ1) is 12.7. The summed E-state index contributed by atoms with van der Waals surface area (Å²) in [5.74, 6) is -0.417.